The SMILES string of the molecule is CC1CN(C(C)(C)CNCC2CC3C=CC2C3)CC(C)O1. The molecule has 3 nitrogen and oxygen atoms in total. The zero-order valence-corrected chi connectivity index (χ0v) is 14.1. The number of fused-ring (bicyclic) bond motifs is 2. The number of morpholine rings is 1. The van der Waals surface area contributed by atoms with Crippen molar-refractivity contribution in [2.24, 2.45) is 17.8 Å². The minimum absolute atomic E-state index is 0.208. The number of nitrogens with zero attached hydrogens (tertiary/aromatic N) is 1. The number of hydrogen-bond donors (Lipinski definition) is 1. The fourth-order valence-electron chi connectivity index (χ4n) is 4.48. The number of hydrogen-bond acceptors (Lipinski definition) is 3. The van der Waals surface area contributed by atoms with Crippen molar-refractivity contribution in [1.29, 1.82) is 0 Å². The minimum atomic E-state index is 0.208. The first-order chi connectivity index (χ1) is 9.94. The van der Waals surface area contributed by atoms with Crippen LogP contribution in [0.3, 0.4) is 0 Å². The summed E-state index contributed by atoms with van der Waals surface area (Å²) in [5.41, 5.74) is 0.208. The third-order valence-electron chi connectivity index (χ3n) is 5.66. The second-order valence-corrected chi connectivity index (χ2v) is 8.15. The van der Waals surface area contributed by atoms with Crippen molar-refractivity contribution in [2.45, 2.75) is 58.3 Å². The summed E-state index contributed by atoms with van der Waals surface area (Å²) in [5, 5.41) is 3.76. The average molecular weight is 292 g/mol. The van der Waals surface area contributed by atoms with E-state index in [1.165, 1.54) is 19.4 Å². The number of ether oxygens (including phenoxy) is 1. The van der Waals surface area contributed by atoms with E-state index >= 15 is 0 Å². The van der Waals surface area contributed by atoms with E-state index in [9.17, 15) is 0 Å². The Kier molecular flexibility index (Phi) is 4.45. The third kappa shape index (κ3) is 3.52. The number of allylic oxidation sites excluding steroid dienone is 2. The fraction of sp³-hybridized carbons (Fsp3) is 0.889. The van der Waals surface area contributed by atoms with E-state index in [1.54, 1.807) is 0 Å². The van der Waals surface area contributed by atoms with Gasteiger partial charge in [-0.1, -0.05) is 12.2 Å². The molecule has 1 heterocycles. The average Bonchev–Trinajstić information content (AvgIpc) is 2.99. The molecule has 0 aromatic carbocycles. The van der Waals surface area contributed by atoms with E-state index in [1.807, 2.05) is 0 Å². The smallest absolute Gasteiger partial charge is 0.0678 e. The molecule has 3 heteroatoms. The van der Waals surface area contributed by atoms with Crippen LogP contribution in [0.2, 0.25) is 0 Å². The zero-order valence-electron chi connectivity index (χ0n) is 14.1. The summed E-state index contributed by atoms with van der Waals surface area (Å²) in [6.07, 6.45) is 8.40. The molecule has 5 atom stereocenters. The third-order valence-corrected chi connectivity index (χ3v) is 5.66. The Hall–Kier alpha value is -0.380. The van der Waals surface area contributed by atoms with Crippen LogP contribution in [-0.2, 0) is 4.74 Å². The van der Waals surface area contributed by atoms with Gasteiger partial charge >= 0.3 is 0 Å². The lowest BCUT2D eigenvalue weighted by Gasteiger charge is -2.45. The van der Waals surface area contributed by atoms with Gasteiger partial charge in [0.15, 0.2) is 0 Å². The van der Waals surface area contributed by atoms with Crippen LogP contribution in [0.15, 0.2) is 12.2 Å². The summed E-state index contributed by atoms with van der Waals surface area (Å²) in [6, 6.07) is 0. The standard InChI is InChI=1S/C18H32N2O/c1-13-10-20(11-14(2)21-13)18(3,4)12-19-9-17-8-15-5-6-16(17)7-15/h5-6,13-17,19H,7-12H2,1-4H3. The molecular formula is C18H32N2O. The summed E-state index contributed by atoms with van der Waals surface area (Å²) in [6.45, 7) is 13.5. The van der Waals surface area contributed by atoms with Gasteiger partial charge in [-0.05, 0) is 64.8 Å². The van der Waals surface area contributed by atoms with Gasteiger partial charge in [0.05, 0.1) is 12.2 Å². The van der Waals surface area contributed by atoms with Crippen molar-refractivity contribution in [1.82, 2.24) is 10.2 Å². The predicted octanol–water partition coefficient (Wildman–Crippen LogP) is 2.68. The largest absolute Gasteiger partial charge is 0.373 e. The van der Waals surface area contributed by atoms with Crippen LogP contribution in [0.1, 0.15) is 40.5 Å². The van der Waals surface area contributed by atoms with E-state index in [2.05, 4.69) is 50.1 Å². The summed E-state index contributed by atoms with van der Waals surface area (Å²) in [5.74, 6) is 2.61. The van der Waals surface area contributed by atoms with Gasteiger partial charge in [-0.2, -0.15) is 0 Å². The molecule has 2 fully saturated rings. The van der Waals surface area contributed by atoms with Crippen molar-refractivity contribution in [3.8, 4) is 0 Å². The monoisotopic (exact) mass is 292 g/mol. The van der Waals surface area contributed by atoms with Gasteiger partial charge in [0, 0.05) is 25.2 Å². The van der Waals surface area contributed by atoms with Crippen molar-refractivity contribution in [3.05, 3.63) is 12.2 Å². The predicted molar refractivity (Wildman–Crippen MR) is 87.4 cm³/mol. The first kappa shape index (κ1) is 15.5. The molecule has 3 rings (SSSR count). The van der Waals surface area contributed by atoms with Crippen molar-refractivity contribution in [3.63, 3.8) is 0 Å². The number of nitrogens with one attached hydrogen (secondary N) is 1. The number of rotatable bonds is 5. The molecule has 0 aromatic heterocycles. The second-order valence-electron chi connectivity index (χ2n) is 8.15. The Morgan fingerprint density at radius 1 is 1.14 bits per heavy atom. The van der Waals surface area contributed by atoms with Crippen molar-refractivity contribution >= 4 is 0 Å². The van der Waals surface area contributed by atoms with Gasteiger partial charge in [-0.15, -0.1) is 0 Å². The van der Waals surface area contributed by atoms with Crippen LogP contribution in [0, 0.1) is 17.8 Å². The molecule has 0 radical (unpaired) electrons. The highest BCUT2D eigenvalue weighted by Crippen LogP contribution is 2.42. The summed E-state index contributed by atoms with van der Waals surface area (Å²) < 4.78 is 5.86. The molecule has 0 spiro atoms. The molecule has 1 saturated carbocycles. The molecule has 1 saturated heterocycles. The van der Waals surface area contributed by atoms with Crippen LogP contribution in [-0.4, -0.2) is 48.8 Å². The van der Waals surface area contributed by atoms with Crippen LogP contribution in [0.5, 0.6) is 0 Å². The van der Waals surface area contributed by atoms with Gasteiger partial charge in [-0.3, -0.25) is 4.90 Å². The highest BCUT2D eigenvalue weighted by Gasteiger charge is 2.36. The summed E-state index contributed by atoms with van der Waals surface area (Å²) in [4.78, 5) is 2.60. The molecule has 3 aliphatic rings. The van der Waals surface area contributed by atoms with Crippen LogP contribution in [0.25, 0.3) is 0 Å². The Bertz CT molecular complexity index is 383. The van der Waals surface area contributed by atoms with Crippen LogP contribution < -0.4 is 5.32 Å². The molecule has 0 aromatic rings. The fourth-order valence-corrected chi connectivity index (χ4v) is 4.48. The molecule has 5 unspecified atom stereocenters. The maximum Gasteiger partial charge on any atom is 0.0678 e. The Balaban J connectivity index is 1.46. The molecule has 21 heavy (non-hydrogen) atoms. The van der Waals surface area contributed by atoms with E-state index in [4.69, 9.17) is 4.74 Å². The molecular weight excluding hydrogens is 260 g/mol. The molecule has 120 valence electrons. The quantitative estimate of drug-likeness (QED) is 0.789. The maximum atomic E-state index is 5.86. The van der Waals surface area contributed by atoms with Crippen molar-refractivity contribution < 1.29 is 4.74 Å². The molecule has 2 aliphatic carbocycles. The first-order valence-electron chi connectivity index (χ1n) is 8.73. The van der Waals surface area contributed by atoms with Gasteiger partial charge in [-0.25, -0.2) is 0 Å². The normalized spacial score (nSPS) is 40.1. The molecule has 2 bridgehead atoms. The Labute approximate surface area is 130 Å². The lowest BCUT2D eigenvalue weighted by atomic mass is 9.93. The Morgan fingerprint density at radius 2 is 1.86 bits per heavy atom. The highest BCUT2D eigenvalue weighted by molar-refractivity contribution is 5.10. The van der Waals surface area contributed by atoms with E-state index < -0.39 is 0 Å². The van der Waals surface area contributed by atoms with Gasteiger partial charge in [0.1, 0.15) is 0 Å². The second kappa shape index (κ2) is 6.02. The highest BCUT2D eigenvalue weighted by atomic mass is 16.5. The lowest BCUT2D eigenvalue weighted by Crippen LogP contribution is -2.58. The van der Waals surface area contributed by atoms with E-state index in [0.29, 0.717) is 12.2 Å². The van der Waals surface area contributed by atoms with Gasteiger partial charge in [0.25, 0.3) is 0 Å². The van der Waals surface area contributed by atoms with E-state index in [-0.39, 0.29) is 5.54 Å². The zero-order chi connectivity index (χ0) is 15.0. The van der Waals surface area contributed by atoms with Gasteiger partial charge < -0.3 is 10.1 Å². The maximum absolute atomic E-state index is 5.86. The minimum Gasteiger partial charge on any atom is -0.373 e. The summed E-state index contributed by atoms with van der Waals surface area (Å²) >= 11 is 0. The molecule has 1 aliphatic heterocycles. The summed E-state index contributed by atoms with van der Waals surface area (Å²) in [7, 11) is 0. The lowest BCUT2D eigenvalue weighted by molar-refractivity contribution is -0.0952. The Morgan fingerprint density at radius 3 is 2.43 bits per heavy atom. The van der Waals surface area contributed by atoms with Crippen LogP contribution >= 0.6 is 0 Å². The molecule has 0 amide bonds. The van der Waals surface area contributed by atoms with Crippen LogP contribution in [0.4, 0.5) is 0 Å². The van der Waals surface area contributed by atoms with Gasteiger partial charge in [0.2, 0.25) is 0 Å². The first-order valence-corrected chi connectivity index (χ1v) is 8.73. The van der Waals surface area contributed by atoms with Crippen molar-refractivity contribution in [2.75, 3.05) is 26.2 Å². The topological polar surface area (TPSA) is 24.5 Å². The van der Waals surface area contributed by atoms with E-state index in [0.717, 1.165) is 37.4 Å². The molecule has 1 N–H and O–H groups in total.